The number of allylic oxidation sites excluding steroid dienone is 1. The normalized spacial score (nSPS) is 21.7. The molecule has 1 aromatic carbocycles. The lowest BCUT2D eigenvalue weighted by Crippen LogP contribution is -2.49. The van der Waals surface area contributed by atoms with Crippen molar-refractivity contribution in [2.24, 2.45) is 10.7 Å². The maximum absolute atomic E-state index is 13.5. The number of amides is 1. The van der Waals surface area contributed by atoms with Gasteiger partial charge in [0.1, 0.15) is 5.70 Å². The number of aliphatic imine (C=N–C) groups is 1. The van der Waals surface area contributed by atoms with E-state index < -0.39 is 11.6 Å². The molecule has 1 heterocycles. The Balaban J connectivity index is 0.000000290. The highest BCUT2D eigenvalue weighted by molar-refractivity contribution is 6.09. The number of ketones is 1. The van der Waals surface area contributed by atoms with Crippen molar-refractivity contribution in [3.8, 4) is 5.75 Å². The van der Waals surface area contributed by atoms with Crippen LogP contribution in [0.15, 0.2) is 34.5 Å². The molecule has 3 atom stereocenters. The summed E-state index contributed by atoms with van der Waals surface area (Å²) in [4.78, 5) is 29.8. The monoisotopic (exact) mass is 577 g/mol. The second kappa shape index (κ2) is 17.9. The highest BCUT2D eigenvalue weighted by atomic mass is 19.2. The number of nitrogens with two attached hydrogens (primary N) is 1. The first kappa shape index (κ1) is 34.4. The quantitative estimate of drug-likeness (QED) is 0.225. The maximum atomic E-state index is 13.5. The van der Waals surface area contributed by atoms with Crippen LogP contribution in [0.2, 0.25) is 0 Å². The van der Waals surface area contributed by atoms with Crippen LogP contribution in [0.3, 0.4) is 0 Å². The van der Waals surface area contributed by atoms with Crippen molar-refractivity contribution in [3.63, 3.8) is 0 Å². The molecule has 3 unspecified atom stereocenters. The summed E-state index contributed by atoms with van der Waals surface area (Å²) in [7, 11) is 0. The molecule has 1 saturated heterocycles. The molecule has 1 aliphatic carbocycles. The van der Waals surface area contributed by atoms with Crippen LogP contribution in [0.25, 0.3) is 0 Å². The third-order valence-corrected chi connectivity index (χ3v) is 7.14. The van der Waals surface area contributed by atoms with E-state index in [2.05, 4.69) is 18.8 Å². The predicted molar refractivity (Wildman–Crippen MR) is 159 cm³/mol. The van der Waals surface area contributed by atoms with Gasteiger partial charge in [-0.3, -0.25) is 14.6 Å². The fraction of sp³-hybridized carbons (Fsp3) is 0.656. The zero-order valence-electron chi connectivity index (χ0n) is 25.5. The van der Waals surface area contributed by atoms with Gasteiger partial charge in [0.2, 0.25) is 5.82 Å². The van der Waals surface area contributed by atoms with Crippen LogP contribution in [0, 0.1) is 11.6 Å². The molecule has 3 rings (SSSR count). The fourth-order valence-corrected chi connectivity index (χ4v) is 5.18. The molecule has 1 aliphatic heterocycles. The fourth-order valence-electron chi connectivity index (χ4n) is 5.18. The number of hydrogen-bond acceptors (Lipinski definition) is 6. The van der Waals surface area contributed by atoms with Gasteiger partial charge in [-0.25, -0.2) is 4.39 Å². The van der Waals surface area contributed by atoms with E-state index in [1.807, 2.05) is 13.8 Å². The van der Waals surface area contributed by atoms with Gasteiger partial charge in [-0.05, 0) is 71.4 Å². The standard InChI is InChI=1S/C16H24F2O.C16H25N3O3/c1-3-5-6-7-10-13(9-4-2)19-15-12-8-11-14(17)16(15)18;1-10(20)7-18-14-6-4-5-13(14)15(17)16(21)19-8-11(2)22-12(3)9-19/h8,11-13H,3-7,9-10H2,1-2H3;11-12H,4-9,17H2,1-3H3/b;15-13-,18-14?. The van der Waals surface area contributed by atoms with E-state index in [1.54, 1.807) is 4.90 Å². The van der Waals surface area contributed by atoms with Crippen molar-refractivity contribution in [2.75, 3.05) is 19.6 Å². The van der Waals surface area contributed by atoms with Crippen LogP contribution < -0.4 is 10.5 Å². The van der Waals surface area contributed by atoms with Gasteiger partial charge < -0.3 is 20.1 Å². The van der Waals surface area contributed by atoms with Crippen molar-refractivity contribution >= 4 is 17.4 Å². The lowest BCUT2D eigenvalue weighted by Gasteiger charge is -2.35. The van der Waals surface area contributed by atoms with E-state index in [0.717, 1.165) is 62.3 Å². The Morgan fingerprint density at radius 3 is 2.41 bits per heavy atom. The Labute approximate surface area is 244 Å². The van der Waals surface area contributed by atoms with Gasteiger partial charge in [0.15, 0.2) is 17.3 Å². The summed E-state index contributed by atoms with van der Waals surface area (Å²) in [6, 6.07) is 4.08. The maximum Gasteiger partial charge on any atom is 0.270 e. The highest BCUT2D eigenvalue weighted by Gasteiger charge is 2.30. The molecular weight excluding hydrogens is 528 g/mol. The highest BCUT2D eigenvalue weighted by Crippen LogP contribution is 2.26. The predicted octanol–water partition coefficient (Wildman–Crippen LogP) is 6.53. The minimum atomic E-state index is -0.878. The molecule has 7 nitrogen and oxygen atoms in total. The van der Waals surface area contributed by atoms with E-state index in [0.29, 0.717) is 13.1 Å². The van der Waals surface area contributed by atoms with Gasteiger partial charge in [-0.1, -0.05) is 45.6 Å². The zero-order valence-corrected chi connectivity index (χ0v) is 25.5. The van der Waals surface area contributed by atoms with Crippen molar-refractivity contribution in [2.45, 2.75) is 117 Å². The summed E-state index contributed by atoms with van der Waals surface area (Å²) in [6.07, 6.45) is 9.90. The second-order valence-electron chi connectivity index (χ2n) is 11.1. The molecule has 0 radical (unpaired) electrons. The number of Topliss-reactive ketones (excluding diaryl/α,β-unsaturated/α-hetero) is 1. The first-order valence-electron chi connectivity index (χ1n) is 15.1. The average molecular weight is 578 g/mol. The van der Waals surface area contributed by atoms with Gasteiger partial charge in [-0.15, -0.1) is 0 Å². The second-order valence-corrected chi connectivity index (χ2v) is 11.1. The van der Waals surface area contributed by atoms with Crippen LogP contribution in [-0.2, 0) is 14.3 Å². The minimum absolute atomic E-state index is 0.0134. The molecule has 1 amide bonds. The van der Waals surface area contributed by atoms with Gasteiger partial charge >= 0.3 is 0 Å². The van der Waals surface area contributed by atoms with Gasteiger partial charge in [0.05, 0.1) is 24.9 Å². The largest absolute Gasteiger partial charge is 0.487 e. The van der Waals surface area contributed by atoms with Gasteiger partial charge in [0, 0.05) is 24.4 Å². The Morgan fingerprint density at radius 2 is 1.78 bits per heavy atom. The number of halogens is 2. The number of benzene rings is 1. The number of carbonyl (C=O) groups is 2. The number of carbonyl (C=O) groups excluding carboxylic acids is 2. The van der Waals surface area contributed by atoms with Crippen molar-refractivity contribution in [3.05, 3.63) is 41.1 Å². The van der Waals surface area contributed by atoms with E-state index in [4.69, 9.17) is 15.2 Å². The minimum Gasteiger partial charge on any atom is -0.487 e. The first-order valence-corrected chi connectivity index (χ1v) is 15.1. The molecule has 230 valence electrons. The van der Waals surface area contributed by atoms with E-state index in [1.165, 1.54) is 38.3 Å². The summed E-state index contributed by atoms with van der Waals surface area (Å²) in [5.74, 6) is -1.82. The van der Waals surface area contributed by atoms with E-state index in [9.17, 15) is 18.4 Å². The summed E-state index contributed by atoms with van der Waals surface area (Å²) in [5.41, 5.74) is 8.03. The number of nitrogens with zero attached hydrogens (tertiary/aromatic N) is 2. The Morgan fingerprint density at radius 1 is 1.07 bits per heavy atom. The molecular formula is C32H49F2N3O4. The van der Waals surface area contributed by atoms with Crippen LogP contribution in [0.4, 0.5) is 8.78 Å². The summed E-state index contributed by atoms with van der Waals surface area (Å²) < 4.78 is 37.9. The van der Waals surface area contributed by atoms with E-state index >= 15 is 0 Å². The molecule has 2 aliphatic rings. The Bertz CT molecular complexity index is 1050. The molecule has 2 fully saturated rings. The number of rotatable bonds is 12. The van der Waals surface area contributed by atoms with Crippen molar-refractivity contribution in [1.29, 1.82) is 0 Å². The molecule has 9 heteroatoms. The van der Waals surface area contributed by atoms with E-state index in [-0.39, 0.29) is 48.0 Å². The third-order valence-electron chi connectivity index (χ3n) is 7.14. The lowest BCUT2D eigenvalue weighted by molar-refractivity contribution is -0.139. The van der Waals surface area contributed by atoms with Crippen LogP contribution >= 0.6 is 0 Å². The number of hydrogen-bond donors (Lipinski definition) is 1. The van der Waals surface area contributed by atoms with Crippen molar-refractivity contribution in [1.82, 2.24) is 4.90 Å². The molecule has 0 bridgehead atoms. The number of unbranched alkanes of at least 4 members (excludes halogenated alkanes) is 3. The lowest BCUT2D eigenvalue weighted by atomic mass is 10.1. The SMILES string of the molecule is CC(=O)CN=C1CCC/C1=C(/N)C(=O)N1CC(C)OC(C)C1.CCCCCCC(CCC)Oc1cccc(F)c1F. The smallest absolute Gasteiger partial charge is 0.270 e. The summed E-state index contributed by atoms with van der Waals surface area (Å²) in [5, 5.41) is 0. The summed E-state index contributed by atoms with van der Waals surface area (Å²) >= 11 is 0. The van der Waals surface area contributed by atoms with Crippen LogP contribution in [0.1, 0.15) is 98.8 Å². The Kier molecular flexibility index (Phi) is 15.0. The topological polar surface area (TPSA) is 94.2 Å². The zero-order chi connectivity index (χ0) is 30.4. The van der Waals surface area contributed by atoms with Crippen molar-refractivity contribution < 1.29 is 27.8 Å². The van der Waals surface area contributed by atoms with Crippen LogP contribution in [0.5, 0.6) is 5.75 Å². The van der Waals surface area contributed by atoms with Gasteiger partial charge in [0.25, 0.3) is 5.91 Å². The molecule has 0 aromatic heterocycles. The average Bonchev–Trinajstić information content (AvgIpc) is 3.40. The number of morpholine rings is 1. The molecule has 2 N–H and O–H groups in total. The van der Waals surface area contributed by atoms with Gasteiger partial charge in [-0.2, -0.15) is 4.39 Å². The molecule has 1 saturated carbocycles. The summed E-state index contributed by atoms with van der Waals surface area (Å²) in [6.45, 7) is 10.9. The molecule has 0 spiro atoms. The first-order chi connectivity index (χ1) is 19.6. The molecule has 1 aromatic rings. The number of ether oxygens (including phenoxy) is 2. The molecule has 41 heavy (non-hydrogen) atoms. The third kappa shape index (κ3) is 11.5. The van der Waals surface area contributed by atoms with Crippen LogP contribution in [-0.4, -0.2) is 60.2 Å². The Hall–Kier alpha value is -2.81.